The van der Waals surface area contributed by atoms with Gasteiger partial charge < -0.3 is 9.64 Å². The van der Waals surface area contributed by atoms with Crippen molar-refractivity contribution in [3.63, 3.8) is 0 Å². The van der Waals surface area contributed by atoms with Gasteiger partial charge in [0.1, 0.15) is 5.75 Å². The van der Waals surface area contributed by atoms with Gasteiger partial charge in [-0.3, -0.25) is 4.79 Å². The molecule has 2 aromatic rings. The average Bonchev–Trinajstić information content (AvgIpc) is 3.19. The lowest BCUT2D eigenvalue weighted by atomic mass is 10.1. The molecular weight excluding hydrogens is 441 g/mol. The number of aryl methyl sites for hydroxylation is 1. The zero-order valence-electron chi connectivity index (χ0n) is 15.5. The van der Waals surface area contributed by atoms with Gasteiger partial charge in [-0.05, 0) is 55.5 Å². The minimum absolute atomic E-state index is 0.0163. The second-order valence-corrected chi connectivity index (χ2v) is 11.0. The van der Waals surface area contributed by atoms with Crippen molar-refractivity contribution in [1.29, 1.82) is 0 Å². The third-order valence-corrected chi connectivity index (χ3v) is 8.05. The van der Waals surface area contributed by atoms with Gasteiger partial charge in [0.15, 0.2) is 15.9 Å². The zero-order chi connectivity index (χ0) is 20.5. The number of halogens is 2. The van der Waals surface area contributed by atoms with Gasteiger partial charge >= 0.3 is 0 Å². The molecule has 28 heavy (non-hydrogen) atoms. The third-order valence-electron chi connectivity index (χ3n) is 4.76. The quantitative estimate of drug-likeness (QED) is 0.641. The van der Waals surface area contributed by atoms with Gasteiger partial charge in [-0.25, -0.2) is 8.42 Å². The van der Waals surface area contributed by atoms with Crippen LogP contribution in [0.5, 0.6) is 5.75 Å². The Balaban J connectivity index is 1.81. The molecule has 0 bridgehead atoms. The van der Waals surface area contributed by atoms with Crippen LogP contribution in [-0.4, -0.2) is 42.9 Å². The molecule has 1 fully saturated rings. The summed E-state index contributed by atoms with van der Waals surface area (Å²) in [5.41, 5.74) is 1.08. The number of sulfone groups is 1. The highest BCUT2D eigenvalue weighted by atomic mass is 35.5. The lowest BCUT2D eigenvalue weighted by Crippen LogP contribution is -2.46. The molecule has 9 heteroatoms. The zero-order valence-corrected chi connectivity index (χ0v) is 18.7. The van der Waals surface area contributed by atoms with Gasteiger partial charge in [-0.15, -0.1) is 11.3 Å². The van der Waals surface area contributed by atoms with Gasteiger partial charge in [0.25, 0.3) is 5.91 Å². The topological polar surface area (TPSA) is 63.7 Å². The van der Waals surface area contributed by atoms with Crippen molar-refractivity contribution < 1.29 is 17.9 Å². The Bertz CT molecular complexity index is 974. The Labute approximate surface area is 179 Å². The molecule has 1 aliphatic heterocycles. The Kier molecular flexibility index (Phi) is 6.59. The maximum atomic E-state index is 13.2. The van der Waals surface area contributed by atoms with Crippen molar-refractivity contribution in [2.75, 3.05) is 11.5 Å². The summed E-state index contributed by atoms with van der Waals surface area (Å²) in [5, 5.41) is 2.75. The van der Waals surface area contributed by atoms with E-state index < -0.39 is 15.9 Å². The molecule has 1 amide bonds. The Hall–Kier alpha value is -1.28. The summed E-state index contributed by atoms with van der Waals surface area (Å²) in [5.74, 6) is 0.180. The first kappa shape index (κ1) is 21.4. The molecule has 5 nitrogen and oxygen atoms in total. The van der Waals surface area contributed by atoms with Crippen LogP contribution in [0.1, 0.15) is 23.8 Å². The molecule has 2 heterocycles. The number of ether oxygens (including phenoxy) is 1. The third kappa shape index (κ3) is 5.00. The van der Waals surface area contributed by atoms with Crippen LogP contribution in [0.15, 0.2) is 29.6 Å². The van der Waals surface area contributed by atoms with Crippen molar-refractivity contribution in [3.05, 3.63) is 50.1 Å². The summed E-state index contributed by atoms with van der Waals surface area (Å²) in [6.45, 7) is 3.99. The average molecular weight is 462 g/mol. The number of thiophene rings is 1. The van der Waals surface area contributed by atoms with Gasteiger partial charge in [0, 0.05) is 15.9 Å². The van der Waals surface area contributed by atoms with Gasteiger partial charge in [0.2, 0.25) is 0 Å². The molecule has 2 unspecified atom stereocenters. The van der Waals surface area contributed by atoms with Crippen LogP contribution in [0.4, 0.5) is 0 Å². The van der Waals surface area contributed by atoms with E-state index in [0.29, 0.717) is 28.8 Å². The first-order chi connectivity index (χ1) is 13.2. The molecule has 1 aromatic carbocycles. The molecule has 0 N–H and O–H groups in total. The van der Waals surface area contributed by atoms with Crippen LogP contribution < -0.4 is 4.74 Å². The summed E-state index contributed by atoms with van der Waals surface area (Å²) >= 11 is 13.6. The Morgan fingerprint density at radius 3 is 2.68 bits per heavy atom. The summed E-state index contributed by atoms with van der Waals surface area (Å²) < 4.78 is 29.7. The summed E-state index contributed by atoms with van der Waals surface area (Å²) in [6.07, 6.45) is -0.380. The van der Waals surface area contributed by atoms with E-state index >= 15 is 0 Å². The molecule has 1 saturated heterocycles. The van der Waals surface area contributed by atoms with E-state index in [2.05, 4.69) is 0 Å². The lowest BCUT2D eigenvalue weighted by Gasteiger charge is -2.31. The number of nitrogens with zero attached hydrogens (tertiary/aromatic N) is 1. The van der Waals surface area contributed by atoms with Crippen LogP contribution in [0.3, 0.4) is 0 Å². The molecule has 0 aliphatic carbocycles. The molecular formula is C19H21Cl2NO4S2. The second kappa shape index (κ2) is 8.61. The van der Waals surface area contributed by atoms with Crippen LogP contribution in [0.2, 0.25) is 10.0 Å². The predicted octanol–water partition coefficient (Wildman–Crippen LogP) is 4.35. The number of hydrogen-bond acceptors (Lipinski definition) is 5. The maximum absolute atomic E-state index is 13.2. The largest absolute Gasteiger partial charge is 0.479 e. The number of amides is 1. The second-order valence-electron chi connectivity index (χ2n) is 6.88. The van der Waals surface area contributed by atoms with Crippen LogP contribution in [-0.2, 0) is 21.2 Å². The maximum Gasteiger partial charge on any atom is 0.263 e. The normalized spacial score (nSPS) is 19.4. The number of rotatable bonds is 6. The molecule has 3 rings (SSSR count). The van der Waals surface area contributed by atoms with Crippen LogP contribution in [0, 0.1) is 6.92 Å². The molecule has 0 radical (unpaired) electrons. The van der Waals surface area contributed by atoms with Crippen molar-refractivity contribution >= 4 is 50.3 Å². The fourth-order valence-electron chi connectivity index (χ4n) is 3.17. The molecule has 2 atom stereocenters. The van der Waals surface area contributed by atoms with E-state index in [9.17, 15) is 13.2 Å². The van der Waals surface area contributed by atoms with Crippen LogP contribution >= 0.6 is 34.5 Å². The number of hydrogen-bond donors (Lipinski definition) is 0. The van der Waals surface area contributed by atoms with E-state index in [0.717, 1.165) is 10.4 Å². The standard InChI is InChI=1S/C19H21Cl2NO4S2/c1-12-5-7-27-18(12)10-22(15-6-8-28(24,25)11-15)19(23)13(2)26-17-4-3-14(20)9-16(17)21/h3-5,7,9,13,15H,6,8,10-11H2,1-2H3. The van der Waals surface area contributed by atoms with E-state index in [1.54, 1.807) is 41.4 Å². The predicted molar refractivity (Wildman–Crippen MR) is 113 cm³/mol. The van der Waals surface area contributed by atoms with Crippen molar-refractivity contribution in [2.24, 2.45) is 0 Å². The summed E-state index contributed by atoms with van der Waals surface area (Å²) in [4.78, 5) is 15.9. The Morgan fingerprint density at radius 1 is 1.36 bits per heavy atom. The molecule has 0 saturated carbocycles. The van der Waals surface area contributed by atoms with E-state index in [1.807, 2.05) is 18.4 Å². The van der Waals surface area contributed by atoms with Crippen LogP contribution in [0.25, 0.3) is 0 Å². The fourth-order valence-corrected chi connectivity index (χ4v) is 6.26. The van der Waals surface area contributed by atoms with Gasteiger partial charge in [-0.2, -0.15) is 0 Å². The molecule has 0 spiro atoms. The van der Waals surface area contributed by atoms with E-state index in [1.165, 1.54) is 0 Å². The first-order valence-corrected chi connectivity index (χ1v) is 12.3. The number of carbonyl (C=O) groups is 1. The number of benzene rings is 1. The highest BCUT2D eigenvalue weighted by molar-refractivity contribution is 7.91. The van der Waals surface area contributed by atoms with Gasteiger partial charge in [-0.1, -0.05) is 23.2 Å². The monoisotopic (exact) mass is 461 g/mol. The SMILES string of the molecule is Cc1ccsc1CN(C(=O)C(C)Oc1ccc(Cl)cc1Cl)C1CCS(=O)(=O)C1. The fraction of sp³-hybridized carbons (Fsp3) is 0.421. The Morgan fingerprint density at radius 2 is 2.11 bits per heavy atom. The van der Waals surface area contributed by atoms with Gasteiger partial charge in [0.05, 0.1) is 23.1 Å². The first-order valence-electron chi connectivity index (χ1n) is 8.82. The molecule has 1 aromatic heterocycles. The summed E-state index contributed by atoms with van der Waals surface area (Å²) in [6, 6.07) is 6.43. The van der Waals surface area contributed by atoms with E-state index in [-0.39, 0.29) is 23.5 Å². The highest BCUT2D eigenvalue weighted by Gasteiger charge is 2.37. The van der Waals surface area contributed by atoms with Crippen molar-refractivity contribution in [3.8, 4) is 5.75 Å². The smallest absolute Gasteiger partial charge is 0.263 e. The number of carbonyl (C=O) groups excluding carboxylic acids is 1. The lowest BCUT2D eigenvalue weighted by molar-refractivity contribution is -0.140. The molecule has 1 aliphatic rings. The van der Waals surface area contributed by atoms with E-state index in [4.69, 9.17) is 27.9 Å². The summed E-state index contributed by atoms with van der Waals surface area (Å²) in [7, 11) is -3.13. The van der Waals surface area contributed by atoms with Crippen molar-refractivity contribution in [1.82, 2.24) is 4.90 Å². The van der Waals surface area contributed by atoms with Crippen molar-refractivity contribution in [2.45, 2.75) is 39.0 Å². The molecule has 152 valence electrons. The minimum Gasteiger partial charge on any atom is -0.479 e. The minimum atomic E-state index is -3.13. The highest BCUT2D eigenvalue weighted by Crippen LogP contribution is 2.30.